The molecular weight excluding hydrogens is 294 g/mol. The van der Waals surface area contributed by atoms with Gasteiger partial charge in [0, 0.05) is 18.3 Å². The molecule has 0 bridgehead atoms. The number of halogens is 1. The van der Waals surface area contributed by atoms with Gasteiger partial charge >= 0.3 is 0 Å². The van der Waals surface area contributed by atoms with Crippen molar-refractivity contribution in [1.29, 1.82) is 5.26 Å². The molecule has 2 rings (SSSR count). The molecule has 5 heteroatoms. The second kappa shape index (κ2) is 5.40. The second-order valence-corrected chi connectivity index (χ2v) is 5.14. The lowest BCUT2D eigenvalue weighted by atomic mass is 10.1. The molecule has 1 saturated carbocycles. The van der Waals surface area contributed by atoms with Gasteiger partial charge in [0.05, 0.1) is 22.5 Å². The Morgan fingerprint density at radius 1 is 1.56 bits per heavy atom. The molecule has 0 atom stereocenters. The molecule has 1 aromatic rings. The molecular formula is C13H14BrN3O. The highest BCUT2D eigenvalue weighted by Gasteiger charge is 2.33. The van der Waals surface area contributed by atoms with Crippen molar-refractivity contribution in [1.82, 2.24) is 4.90 Å². The Hall–Kier alpha value is -1.54. The zero-order chi connectivity index (χ0) is 13.1. The Bertz CT molecular complexity index is 505. The summed E-state index contributed by atoms with van der Waals surface area (Å²) in [6.45, 7) is 0.487. The van der Waals surface area contributed by atoms with E-state index in [-0.39, 0.29) is 5.91 Å². The maximum atomic E-state index is 12.4. The third-order valence-electron chi connectivity index (χ3n) is 2.97. The van der Waals surface area contributed by atoms with Gasteiger partial charge in [-0.3, -0.25) is 4.79 Å². The summed E-state index contributed by atoms with van der Waals surface area (Å²) in [5, 5.41) is 8.65. The van der Waals surface area contributed by atoms with Crippen LogP contribution in [0.5, 0.6) is 0 Å². The lowest BCUT2D eigenvalue weighted by Gasteiger charge is -2.22. The fraction of sp³-hybridized carbons (Fsp3) is 0.385. The van der Waals surface area contributed by atoms with Crippen LogP contribution in [0.2, 0.25) is 0 Å². The second-order valence-electron chi connectivity index (χ2n) is 4.35. The number of nitrogen functional groups attached to an aromatic ring is 1. The van der Waals surface area contributed by atoms with Crippen LogP contribution in [-0.2, 0) is 0 Å². The summed E-state index contributed by atoms with van der Waals surface area (Å²) in [6, 6.07) is 7.64. The summed E-state index contributed by atoms with van der Waals surface area (Å²) in [5.41, 5.74) is 6.90. The number of nitrogens with zero attached hydrogens (tertiary/aromatic N) is 2. The molecule has 0 spiro atoms. The Morgan fingerprint density at radius 3 is 2.89 bits per heavy atom. The summed E-state index contributed by atoms with van der Waals surface area (Å²) >= 11 is 3.35. The van der Waals surface area contributed by atoms with E-state index in [1.165, 1.54) is 0 Å². The van der Waals surface area contributed by atoms with E-state index in [2.05, 4.69) is 22.0 Å². The van der Waals surface area contributed by atoms with E-state index in [0.717, 1.165) is 12.8 Å². The highest BCUT2D eigenvalue weighted by Crippen LogP contribution is 2.31. The molecule has 1 amide bonds. The predicted molar refractivity (Wildman–Crippen MR) is 72.8 cm³/mol. The number of hydrogen-bond acceptors (Lipinski definition) is 3. The number of benzene rings is 1. The average molecular weight is 308 g/mol. The van der Waals surface area contributed by atoms with Gasteiger partial charge in [-0.15, -0.1) is 0 Å². The normalized spacial score (nSPS) is 14.0. The van der Waals surface area contributed by atoms with Crippen molar-refractivity contribution in [3.8, 4) is 6.07 Å². The smallest absolute Gasteiger partial charge is 0.255 e. The Morgan fingerprint density at radius 2 is 2.28 bits per heavy atom. The number of nitriles is 1. The lowest BCUT2D eigenvalue weighted by Crippen LogP contribution is -2.34. The number of hydrogen-bond donors (Lipinski definition) is 1. The standard InChI is InChI=1S/C13H14BrN3O/c14-12-10(3-1-4-11(12)16)13(18)17(8-2-7-15)9-5-6-9/h1,3-4,9H,2,5-6,8,16H2. The molecule has 1 aliphatic rings. The summed E-state index contributed by atoms with van der Waals surface area (Å²) in [5.74, 6) is -0.0491. The molecule has 0 aliphatic heterocycles. The van der Waals surface area contributed by atoms with Crippen molar-refractivity contribution in [2.75, 3.05) is 12.3 Å². The number of carbonyl (C=O) groups is 1. The van der Waals surface area contributed by atoms with E-state index in [1.807, 2.05) is 0 Å². The minimum atomic E-state index is -0.0491. The molecule has 0 aromatic heterocycles. The lowest BCUT2D eigenvalue weighted by molar-refractivity contribution is 0.0746. The minimum absolute atomic E-state index is 0.0491. The summed E-state index contributed by atoms with van der Waals surface area (Å²) in [6.07, 6.45) is 2.41. The molecule has 94 valence electrons. The van der Waals surface area contributed by atoms with Crippen molar-refractivity contribution in [3.63, 3.8) is 0 Å². The van der Waals surface area contributed by atoms with E-state index >= 15 is 0 Å². The van der Waals surface area contributed by atoms with Gasteiger partial charge in [0.1, 0.15) is 0 Å². The summed E-state index contributed by atoms with van der Waals surface area (Å²) in [7, 11) is 0. The van der Waals surface area contributed by atoms with E-state index in [4.69, 9.17) is 11.0 Å². The first-order valence-electron chi connectivity index (χ1n) is 5.87. The fourth-order valence-corrected chi connectivity index (χ4v) is 2.31. The van der Waals surface area contributed by atoms with Crippen LogP contribution in [0.4, 0.5) is 5.69 Å². The first-order valence-corrected chi connectivity index (χ1v) is 6.66. The molecule has 0 saturated heterocycles. The quantitative estimate of drug-likeness (QED) is 0.869. The van der Waals surface area contributed by atoms with Crippen molar-refractivity contribution in [2.45, 2.75) is 25.3 Å². The SMILES string of the molecule is N#CCCN(C(=O)c1cccc(N)c1Br)C1CC1. The first-order chi connectivity index (χ1) is 8.65. The maximum absolute atomic E-state index is 12.4. The van der Waals surface area contributed by atoms with Crippen molar-refractivity contribution >= 4 is 27.5 Å². The Labute approximate surface area is 115 Å². The average Bonchev–Trinajstić information content (AvgIpc) is 3.17. The maximum Gasteiger partial charge on any atom is 0.255 e. The molecule has 1 aliphatic carbocycles. The van der Waals surface area contributed by atoms with Crippen LogP contribution in [0, 0.1) is 11.3 Å². The zero-order valence-electron chi connectivity index (χ0n) is 9.90. The van der Waals surface area contributed by atoms with Crippen molar-refractivity contribution in [3.05, 3.63) is 28.2 Å². The van der Waals surface area contributed by atoms with Gasteiger partial charge in [-0.2, -0.15) is 5.26 Å². The van der Waals surface area contributed by atoms with Crippen LogP contribution < -0.4 is 5.73 Å². The van der Waals surface area contributed by atoms with Gasteiger partial charge in [0.25, 0.3) is 5.91 Å². The highest BCUT2D eigenvalue weighted by molar-refractivity contribution is 9.10. The molecule has 0 unspecified atom stereocenters. The van der Waals surface area contributed by atoms with Crippen molar-refractivity contribution in [2.24, 2.45) is 0 Å². The van der Waals surface area contributed by atoms with Gasteiger partial charge in [-0.1, -0.05) is 6.07 Å². The number of rotatable bonds is 4. The van der Waals surface area contributed by atoms with Crippen LogP contribution in [-0.4, -0.2) is 23.4 Å². The monoisotopic (exact) mass is 307 g/mol. The Kier molecular flexibility index (Phi) is 3.87. The molecule has 18 heavy (non-hydrogen) atoms. The minimum Gasteiger partial charge on any atom is -0.398 e. The van der Waals surface area contributed by atoms with E-state index < -0.39 is 0 Å². The molecule has 0 radical (unpaired) electrons. The van der Waals surface area contributed by atoms with Crippen LogP contribution in [0.1, 0.15) is 29.6 Å². The Balaban J connectivity index is 2.22. The number of amides is 1. The third kappa shape index (κ3) is 2.65. The van der Waals surface area contributed by atoms with Gasteiger partial charge in [-0.05, 0) is 40.9 Å². The fourth-order valence-electron chi connectivity index (χ4n) is 1.88. The van der Waals surface area contributed by atoms with Crippen LogP contribution >= 0.6 is 15.9 Å². The predicted octanol–water partition coefficient (Wildman–Crippen LogP) is 2.55. The van der Waals surface area contributed by atoms with E-state index in [1.54, 1.807) is 23.1 Å². The molecule has 0 heterocycles. The van der Waals surface area contributed by atoms with Crippen LogP contribution in [0.15, 0.2) is 22.7 Å². The topological polar surface area (TPSA) is 70.1 Å². The molecule has 1 aromatic carbocycles. The zero-order valence-corrected chi connectivity index (χ0v) is 11.5. The van der Waals surface area contributed by atoms with Gasteiger partial charge in [0.15, 0.2) is 0 Å². The van der Waals surface area contributed by atoms with Crippen molar-refractivity contribution < 1.29 is 4.79 Å². The molecule has 2 N–H and O–H groups in total. The summed E-state index contributed by atoms with van der Waals surface area (Å²) in [4.78, 5) is 14.2. The van der Waals surface area contributed by atoms with E-state index in [0.29, 0.717) is 34.7 Å². The number of nitrogens with two attached hydrogens (primary N) is 1. The summed E-state index contributed by atoms with van der Waals surface area (Å²) < 4.78 is 0.637. The first kappa shape index (κ1) is 12.9. The molecule has 1 fully saturated rings. The highest BCUT2D eigenvalue weighted by atomic mass is 79.9. The van der Waals surface area contributed by atoms with Crippen LogP contribution in [0.25, 0.3) is 0 Å². The molecule has 4 nitrogen and oxygen atoms in total. The third-order valence-corrected chi connectivity index (χ3v) is 3.86. The van der Waals surface area contributed by atoms with Gasteiger partial charge in [-0.25, -0.2) is 0 Å². The number of anilines is 1. The van der Waals surface area contributed by atoms with Gasteiger partial charge in [0.2, 0.25) is 0 Å². The number of carbonyl (C=O) groups excluding carboxylic acids is 1. The van der Waals surface area contributed by atoms with E-state index in [9.17, 15) is 4.79 Å². The van der Waals surface area contributed by atoms with Gasteiger partial charge < -0.3 is 10.6 Å². The largest absolute Gasteiger partial charge is 0.398 e. The van der Waals surface area contributed by atoms with Crippen LogP contribution in [0.3, 0.4) is 0 Å².